The van der Waals surface area contributed by atoms with Crippen LogP contribution in [0.3, 0.4) is 0 Å². The molecule has 1 aliphatic carbocycles. The predicted molar refractivity (Wildman–Crippen MR) is 127 cm³/mol. The molecule has 1 aliphatic heterocycles. The highest BCUT2D eigenvalue weighted by atomic mass is 32.2. The molecule has 194 valence electrons. The largest absolute Gasteiger partial charge is 0.416 e. The summed E-state index contributed by atoms with van der Waals surface area (Å²) in [5, 5.41) is 16.0. The van der Waals surface area contributed by atoms with E-state index < -0.39 is 40.0 Å². The summed E-state index contributed by atoms with van der Waals surface area (Å²) >= 11 is 1.28. The lowest BCUT2D eigenvalue weighted by Crippen LogP contribution is -2.48. The van der Waals surface area contributed by atoms with Gasteiger partial charge in [0.2, 0.25) is 5.91 Å². The molecule has 3 N–H and O–H groups in total. The fourth-order valence-corrected chi connectivity index (χ4v) is 6.00. The molecule has 1 fully saturated rings. The van der Waals surface area contributed by atoms with Gasteiger partial charge in [-0.3, -0.25) is 13.8 Å². The van der Waals surface area contributed by atoms with Gasteiger partial charge < -0.3 is 20.6 Å². The zero-order chi connectivity index (χ0) is 26.1. The number of aliphatic hydroxyl groups is 1. The van der Waals surface area contributed by atoms with Gasteiger partial charge in [0, 0.05) is 30.3 Å². The number of rotatable bonds is 7. The van der Waals surface area contributed by atoms with Crippen molar-refractivity contribution in [1.82, 2.24) is 20.5 Å². The van der Waals surface area contributed by atoms with Crippen molar-refractivity contribution in [3.05, 3.63) is 58.4 Å². The fraction of sp³-hybridized carbons (Fsp3) is 0.435. The van der Waals surface area contributed by atoms with Crippen molar-refractivity contribution in [3.8, 4) is 0 Å². The average Bonchev–Trinajstić information content (AvgIpc) is 3.32. The Balaban J connectivity index is 1.22. The lowest BCUT2D eigenvalue weighted by atomic mass is 9.80. The number of amides is 2. The standard InChI is InChI=1S/C23H25F3N4O4S2/c1-36(34)21-28-10-18(35-21)22(33)7-5-17(6-8-22)30-12-16(13-30)29-19(31)11-27-20(32)14-3-2-4-15(9-14)23(24,25)26/h2-4,9-10,12,17,33H,5-8,11,13H2,1H3,(H,27,32)(H,29,31). The number of thiazole rings is 1. The Morgan fingerprint density at radius 3 is 2.61 bits per heavy atom. The van der Waals surface area contributed by atoms with E-state index in [1.54, 1.807) is 12.5 Å². The molecule has 8 nitrogen and oxygen atoms in total. The van der Waals surface area contributed by atoms with Gasteiger partial charge in [0.1, 0.15) is 5.60 Å². The molecule has 1 saturated carbocycles. The molecule has 1 aromatic carbocycles. The first-order valence-corrected chi connectivity index (χ1v) is 13.6. The average molecular weight is 543 g/mol. The van der Waals surface area contributed by atoms with Crippen LogP contribution in [-0.2, 0) is 27.4 Å². The molecular formula is C23H25F3N4O4S2. The van der Waals surface area contributed by atoms with Gasteiger partial charge in [0.25, 0.3) is 5.91 Å². The molecule has 2 aromatic rings. The van der Waals surface area contributed by atoms with Gasteiger partial charge in [0.15, 0.2) is 4.34 Å². The highest BCUT2D eigenvalue weighted by molar-refractivity contribution is 7.86. The van der Waals surface area contributed by atoms with E-state index >= 15 is 0 Å². The first-order chi connectivity index (χ1) is 16.9. The fourth-order valence-electron chi connectivity index (χ4n) is 4.26. The molecule has 0 bridgehead atoms. The molecular weight excluding hydrogens is 517 g/mol. The van der Waals surface area contributed by atoms with Gasteiger partial charge in [-0.1, -0.05) is 6.07 Å². The van der Waals surface area contributed by atoms with Crippen molar-refractivity contribution in [3.63, 3.8) is 0 Å². The first kappa shape index (κ1) is 26.3. The summed E-state index contributed by atoms with van der Waals surface area (Å²) in [7, 11) is -1.18. The Bertz CT molecular complexity index is 1210. The Labute approximate surface area is 212 Å². The van der Waals surface area contributed by atoms with E-state index in [1.807, 2.05) is 6.20 Å². The summed E-state index contributed by atoms with van der Waals surface area (Å²) < 4.78 is 50.5. The summed E-state index contributed by atoms with van der Waals surface area (Å²) in [6, 6.07) is 4.21. The molecule has 2 heterocycles. The SMILES string of the molecule is CS(=O)c1ncc(C2(O)CCC(N3C=C(NC(=O)CNC(=O)c4cccc(C(F)(F)F)c4)C3)CC2)s1. The smallest absolute Gasteiger partial charge is 0.384 e. The monoisotopic (exact) mass is 542 g/mol. The summed E-state index contributed by atoms with van der Waals surface area (Å²) in [4.78, 5) is 31.2. The van der Waals surface area contributed by atoms with Crippen LogP contribution in [0.2, 0.25) is 0 Å². The molecule has 1 unspecified atom stereocenters. The molecule has 4 rings (SSSR count). The number of carbonyl (C=O) groups is 2. The van der Waals surface area contributed by atoms with Crippen LogP contribution >= 0.6 is 11.3 Å². The van der Waals surface area contributed by atoms with E-state index in [-0.39, 0.29) is 18.2 Å². The predicted octanol–water partition coefficient (Wildman–Crippen LogP) is 2.73. The second kappa shape index (κ2) is 10.3. The van der Waals surface area contributed by atoms with E-state index in [0.29, 0.717) is 29.4 Å². The number of carbonyl (C=O) groups excluding carboxylic acids is 2. The summed E-state index contributed by atoms with van der Waals surface area (Å²) in [6.07, 6.45) is 2.98. The third-order valence-corrected chi connectivity index (χ3v) is 8.81. The van der Waals surface area contributed by atoms with Crippen LogP contribution < -0.4 is 10.6 Å². The first-order valence-electron chi connectivity index (χ1n) is 11.2. The summed E-state index contributed by atoms with van der Waals surface area (Å²) in [5.74, 6) is -1.25. The maximum atomic E-state index is 12.8. The molecule has 0 spiro atoms. The van der Waals surface area contributed by atoms with Crippen molar-refractivity contribution < 1.29 is 32.1 Å². The molecule has 36 heavy (non-hydrogen) atoms. The van der Waals surface area contributed by atoms with Crippen molar-refractivity contribution >= 4 is 34.0 Å². The molecule has 2 amide bonds. The zero-order valence-electron chi connectivity index (χ0n) is 19.3. The quantitative estimate of drug-likeness (QED) is 0.496. The van der Waals surface area contributed by atoms with Crippen molar-refractivity contribution in [2.75, 3.05) is 19.3 Å². The zero-order valence-corrected chi connectivity index (χ0v) is 20.9. The lowest BCUT2D eigenvalue weighted by molar-refractivity contribution is -0.137. The number of alkyl halides is 3. The molecule has 13 heteroatoms. The molecule has 0 saturated heterocycles. The number of nitrogens with one attached hydrogen (secondary N) is 2. The summed E-state index contributed by atoms with van der Waals surface area (Å²) in [5.41, 5.74) is -1.42. The lowest BCUT2D eigenvalue weighted by Gasteiger charge is -2.43. The van der Waals surface area contributed by atoms with Crippen molar-refractivity contribution in [1.29, 1.82) is 0 Å². The number of benzene rings is 1. The topological polar surface area (TPSA) is 112 Å². The van der Waals surface area contributed by atoms with E-state index in [9.17, 15) is 32.1 Å². The van der Waals surface area contributed by atoms with Crippen molar-refractivity contribution in [2.45, 2.75) is 47.8 Å². The molecule has 0 radical (unpaired) electrons. The minimum atomic E-state index is -4.56. The molecule has 2 aliphatic rings. The number of hydrogen-bond acceptors (Lipinski definition) is 7. The Morgan fingerprint density at radius 1 is 1.31 bits per heavy atom. The molecule has 1 aromatic heterocycles. The van der Waals surface area contributed by atoms with Crippen molar-refractivity contribution in [2.24, 2.45) is 0 Å². The van der Waals surface area contributed by atoms with Gasteiger partial charge in [-0.15, -0.1) is 11.3 Å². The van der Waals surface area contributed by atoms with Crippen LogP contribution in [0, 0.1) is 0 Å². The normalized spacial score (nSPS) is 22.9. The van der Waals surface area contributed by atoms with Crippen LogP contribution in [0.25, 0.3) is 0 Å². The van der Waals surface area contributed by atoms with Gasteiger partial charge in [-0.25, -0.2) is 4.98 Å². The molecule has 1 atom stereocenters. The van der Waals surface area contributed by atoms with Gasteiger partial charge in [-0.2, -0.15) is 13.2 Å². The number of nitrogens with zero attached hydrogens (tertiary/aromatic N) is 2. The summed E-state index contributed by atoms with van der Waals surface area (Å²) in [6.45, 7) is 0.137. The maximum Gasteiger partial charge on any atom is 0.416 e. The van der Waals surface area contributed by atoms with Gasteiger partial charge >= 0.3 is 6.18 Å². The minimum Gasteiger partial charge on any atom is -0.384 e. The van der Waals surface area contributed by atoms with E-state index in [4.69, 9.17) is 0 Å². The Morgan fingerprint density at radius 2 is 2.00 bits per heavy atom. The number of halogens is 3. The Hall–Kier alpha value is -2.77. The van der Waals surface area contributed by atoms with E-state index in [2.05, 4.69) is 20.5 Å². The van der Waals surface area contributed by atoms with Crippen LogP contribution in [0.4, 0.5) is 13.2 Å². The minimum absolute atomic E-state index is 0.179. The van der Waals surface area contributed by atoms with Crippen LogP contribution in [0.1, 0.15) is 46.5 Å². The van der Waals surface area contributed by atoms with E-state index in [1.165, 1.54) is 17.4 Å². The van der Waals surface area contributed by atoms with Gasteiger partial charge in [-0.05, 0) is 43.9 Å². The second-order valence-corrected chi connectivity index (χ2v) is 11.4. The van der Waals surface area contributed by atoms with Crippen LogP contribution in [0.5, 0.6) is 0 Å². The van der Waals surface area contributed by atoms with E-state index in [0.717, 1.165) is 35.9 Å². The van der Waals surface area contributed by atoms with Gasteiger partial charge in [0.05, 0.1) is 40.0 Å². The second-order valence-electron chi connectivity index (χ2n) is 8.84. The maximum absolute atomic E-state index is 12.8. The highest BCUT2D eigenvalue weighted by Crippen LogP contribution is 2.42. The number of hydrogen-bond donors (Lipinski definition) is 3. The van der Waals surface area contributed by atoms with Crippen LogP contribution in [0.15, 0.2) is 46.7 Å². The Kier molecular flexibility index (Phi) is 7.53. The third kappa shape index (κ3) is 5.95. The highest BCUT2D eigenvalue weighted by Gasteiger charge is 2.39. The number of aromatic nitrogens is 1. The van der Waals surface area contributed by atoms with Crippen LogP contribution in [-0.4, -0.2) is 56.4 Å². The third-order valence-electron chi connectivity index (χ3n) is 6.28.